The van der Waals surface area contributed by atoms with E-state index in [1.165, 1.54) is 5.56 Å². The first kappa shape index (κ1) is 17.4. The van der Waals surface area contributed by atoms with Crippen LogP contribution in [-0.2, 0) is 11.2 Å². The molecule has 1 heterocycles. The standard InChI is InChI=1S/C21H22N2OS/c1-15(22-16(2)24)8-9-17-10-12-18(13-11-17)20-14-25-21(23-20)19-6-4-3-5-7-19/h3-7,10-15H,8-9H2,1-2H3,(H,22,24)/t15-/m0/s1. The molecule has 3 nitrogen and oxygen atoms in total. The minimum absolute atomic E-state index is 0.0283. The fourth-order valence-corrected chi connectivity index (χ4v) is 3.60. The van der Waals surface area contributed by atoms with Gasteiger partial charge < -0.3 is 5.32 Å². The number of nitrogens with zero attached hydrogens (tertiary/aromatic N) is 1. The fourth-order valence-electron chi connectivity index (χ4n) is 2.76. The molecule has 1 atom stereocenters. The number of rotatable bonds is 6. The third kappa shape index (κ3) is 4.77. The maximum Gasteiger partial charge on any atom is 0.217 e. The quantitative estimate of drug-likeness (QED) is 0.684. The Balaban J connectivity index is 1.65. The molecule has 0 radical (unpaired) electrons. The maximum absolute atomic E-state index is 11.1. The molecule has 0 spiro atoms. The van der Waals surface area contributed by atoms with Gasteiger partial charge >= 0.3 is 0 Å². The molecule has 0 aliphatic heterocycles. The van der Waals surface area contributed by atoms with Gasteiger partial charge in [-0.3, -0.25) is 4.79 Å². The number of thiazole rings is 1. The lowest BCUT2D eigenvalue weighted by atomic mass is 10.0. The van der Waals surface area contributed by atoms with E-state index in [4.69, 9.17) is 4.98 Å². The van der Waals surface area contributed by atoms with Gasteiger partial charge in [0, 0.05) is 29.5 Å². The Hall–Kier alpha value is -2.46. The summed E-state index contributed by atoms with van der Waals surface area (Å²) >= 11 is 1.67. The molecule has 3 rings (SSSR count). The summed E-state index contributed by atoms with van der Waals surface area (Å²) in [6.07, 6.45) is 1.89. The van der Waals surface area contributed by atoms with E-state index in [0.717, 1.165) is 34.7 Å². The van der Waals surface area contributed by atoms with E-state index in [1.54, 1.807) is 18.3 Å². The van der Waals surface area contributed by atoms with Crippen molar-refractivity contribution in [2.75, 3.05) is 0 Å². The van der Waals surface area contributed by atoms with Crippen molar-refractivity contribution in [2.45, 2.75) is 32.7 Å². The van der Waals surface area contributed by atoms with Crippen molar-refractivity contribution in [3.63, 3.8) is 0 Å². The predicted octanol–water partition coefficient (Wildman–Crippen LogP) is 4.93. The average Bonchev–Trinajstić information content (AvgIpc) is 3.11. The first-order chi connectivity index (χ1) is 12.1. The second-order valence-electron chi connectivity index (χ2n) is 6.24. The number of amides is 1. The van der Waals surface area contributed by atoms with Crippen molar-refractivity contribution in [1.29, 1.82) is 0 Å². The van der Waals surface area contributed by atoms with Crippen LogP contribution in [0.4, 0.5) is 0 Å². The zero-order valence-electron chi connectivity index (χ0n) is 14.5. The van der Waals surface area contributed by atoms with Gasteiger partial charge in [0.1, 0.15) is 5.01 Å². The molecule has 0 aliphatic carbocycles. The summed E-state index contributed by atoms with van der Waals surface area (Å²) in [4.78, 5) is 15.8. The highest BCUT2D eigenvalue weighted by Gasteiger charge is 2.07. The summed E-state index contributed by atoms with van der Waals surface area (Å²) in [7, 11) is 0. The van der Waals surface area contributed by atoms with Gasteiger partial charge in [-0.25, -0.2) is 4.98 Å². The Morgan fingerprint density at radius 2 is 1.80 bits per heavy atom. The number of hydrogen-bond donors (Lipinski definition) is 1. The lowest BCUT2D eigenvalue weighted by molar-refractivity contribution is -0.119. The van der Waals surface area contributed by atoms with Crippen molar-refractivity contribution >= 4 is 17.2 Å². The van der Waals surface area contributed by atoms with E-state index in [9.17, 15) is 4.79 Å². The summed E-state index contributed by atoms with van der Waals surface area (Å²) in [5.41, 5.74) is 4.58. The van der Waals surface area contributed by atoms with Crippen LogP contribution in [0.3, 0.4) is 0 Å². The predicted molar refractivity (Wildman–Crippen MR) is 105 cm³/mol. The SMILES string of the molecule is CC(=O)N[C@@H](C)CCc1ccc(-c2csc(-c3ccccc3)n2)cc1. The highest BCUT2D eigenvalue weighted by molar-refractivity contribution is 7.13. The number of nitrogens with one attached hydrogen (secondary N) is 1. The third-order valence-electron chi connectivity index (χ3n) is 4.09. The Labute approximate surface area is 152 Å². The molecule has 0 saturated heterocycles. The second kappa shape index (κ2) is 8.08. The molecule has 128 valence electrons. The zero-order chi connectivity index (χ0) is 17.6. The minimum atomic E-state index is 0.0283. The molecule has 25 heavy (non-hydrogen) atoms. The van der Waals surface area contributed by atoms with Crippen molar-refractivity contribution in [2.24, 2.45) is 0 Å². The van der Waals surface area contributed by atoms with Gasteiger partial charge in [0.05, 0.1) is 5.69 Å². The molecule has 0 fully saturated rings. The van der Waals surface area contributed by atoms with Gasteiger partial charge in [0.15, 0.2) is 0 Å². The molecule has 2 aromatic carbocycles. The third-order valence-corrected chi connectivity index (χ3v) is 4.98. The van der Waals surface area contributed by atoms with Crippen molar-refractivity contribution in [1.82, 2.24) is 10.3 Å². The minimum Gasteiger partial charge on any atom is -0.354 e. The van der Waals surface area contributed by atoms with E-state index < -0.39 is 0 Å². The molecule has 0 unspecified atom stereocenters. The lowest BCUT2D eigenvalue weighted by Crippen LogP contribution is -2.30. The van der Waals surface area contributed by atoms with E-state index in [-0.39, 0.29) is 11.9 Å². The van der Waals surface area contributed by atoms with Crippen LogP contribution < -0.4 is 5.32 Å². The summed E-state index contributed by atoms with van der Waals surface area (Å²) < 4.78 is 0. The van der Waals surface area contributed by atoms with E-state index in [0.29, 0.717) is 0 Å². The van der Waals surface area contributed by atoms with Gasteiger partial charge in [-0.2, -0.15) is 0 Å². The van der Waals surface area contributed by atoms with Gasteiger partial charge in [0.25, 0.3) is 0 Å². The Morgan fingerprint density at radius 3 is 2.48 bits per heavy atom. The van der Waals surface area contributed by atoms with Gasteiger partial charge in [0.2, 0.25) is 5.91 Å². The molecule has 3 aromatic rings. The van der Waals surface area contributed by atoms with Crippen LogP contribution in [0.1, 0.15) is 25.8 Å². The Morgan fingerprint density at radius 1 is 1.08 bits per heavy atom. The molecular formula is C21H22N2OS. The smallest absolute Gasteiger partial charge is 0.217 e. The van der Waals surface area contributed by atoms with Crippen LogP contribution in [0.2, 0.25) is 0 Å². The van der Waals surface area contributed by atoms with Gasteiger partial charge in [-0.1, -0.05) is 54.6 Å². The maximum atomic E-state index is 11.1. The Kier molecular flexibility index (Phi) is 5.61. The molecule has 0 aliphatic rings. The molecule has 1 aromatic heterocycles. The largest absolute Gasteiger partial charge is 0.354 e. The van der Waals surface area contributed by atoms with Gasteiger partial charge in [-0.05, 0) is 25.3 Å². The Bertz CT molecular complexity index is 825. The van der Waals surface area contributed by atoms with Crippen LogP contribution in [-0.4, -0.2) is 16.9 Å². The molecule has 4 heteroatoms. The van der Waals surface area contributed by atoms with Crippen molar-refractivity contribution in [3.8, 4) is 21.8 Å². The van der Waals surface area contributed by atoms with E-state index in [1.807, 2.05) is 25.1 Å². The number of carbonyl (C=O) groups is 1. The first-order valence-electron chi connectivity index (χ1n) is 8.49. The number of benzene rings is 2. The van der Waals surface area contributed by atoms with E-state index in [2.05, 4.69) is 47.1 Å². The normalized spacial score (nSPS) is 11.9. The fraction of sp³-hybridized carbons (Fsp3) is 0.238. The second-order valence-corrected chi connectivity index (χ2v) is 7.10. The topological polar surface area (TPSA) is 42.0 Å². The molecular weight excluding hydrogens is 328 g/mol. The van der Waals surface area contributed by atoms with Crippen LogP contribution in [0.25, 0.3) is 21.8 Å². The molecule has 0 saturated carbocycles. The van der Waals surface area contributed by atoms with Crippen LogP contribution in [0.5, 0.6) is 0 Å². The van der Waals surface area contributed by atoms with Crippen LogP contribution in [0.15, 0.2) is 60.0 Å². The number of hydrogen-bond acceptors (Lipinski definition) is 3. The summed E-state index contributed by atoms with van der Waals surface area (Å²) in [6, 6.07) is 19.0. The van der Waals surface area contributed by atoms with Crippen molar-refractivity contribution < 1.29 is 4.79 Å². The van der Waals surface area contributed by atoms with Crippen LogP contribution in [0, 0.1) is 0 Å². The highest BCUT2D eigenvalue weighted by atomic mass is 32.1. The molecule has 1 N–H and O–H groups in total. The molecule has 1 amide bonds. The first-order valence-corrected chi connectivity index (χ1v) is 9.37. The zero-order valence-corrected chi connectivity index (χ0v) is 15.3. The molecule has 0 bridgehead atoms. The lowest BCUT2D eigenvalue weighted by Gasteiger charge is -2.12. The van der Waals surface area contributed by atoms with Crippen molar-refractivity contribution in [3.05, 3.63) is 65.5 Å². The summed E-state index contributed by atoms with van der Waals surface area (Å²) in [5, 5.41) is 6.07. The summed E-state index contributed by atoms with van der Waals surface area (Å²) in [6.45, 7) is 3.60. The summed E-state index contributed by atoms with van der Waals surface area (Å²) in [5.74, 6) is 0.0283. The van der Waals surface area contributed by atoms with Crippen LogP contribution >= 0.6 is 11.3 Å². The number of carbonyl (C=O) groups excluding carboxylic acids is 1. The van der Waals surface area contributed by atoms with Gasteiger partial charge in [-0.15, -0.1) is 11.3 Å². The number of aromatic nitrogens is 1. The average molecular weight is 350 g/mol. The van der Waals surface area contributed by atoms with E-state index >= 15 is 0 Å². The highest BCUT2D eigenvalue weighted by Crippen LogP contribution is 2.28. The number of aryl methyl sites for hydroxylation is 1. The monoisotopic (exact) mass is 350 g/mol.